The highest BCUT2D eigenvalue weighted by molar-refractivity contribution is 6.09. The van der Waals surface area contributed by atoms with Crippen molar-refractivity contribution in [2.45, 2.75) is 19.3 Å². The maximum absolute atomic E-state index is 10.1. The third-order valence-corrected chi connectivity index (χ3v) is 7.66. The fourth-order valence-corrected chi connectivity index (χ4v) is 5.96. The van der Waals surface area contributed by atoms with Crippen LogP contribution >= 0.6 is 0 Å². The van der Waals surface area contributed by atoms with Gasteiger partial charge in [0.2, 0.25) is 0 Å². The van der Waals surface area contributed by atoms with Crippen LogP contribution < -0.4 is 4.90 Å². The highest BCUT2D eigenvalue weighted by Gasteiger charge is 2.36. The summed E-state index contributed by atoms with van der Waals surface area (Å²) in [7, 11) is 0. The minimum absolute atomic E-state index is 0.140. The number of nitrogens with zero attached hydrogens (tertiary/aromatic N) is 4. The van der Waals surface area contributed by atoms with Gasteiger partial charge in [0.25, 0.3) is 0 Å². The molecule has 1 aliphatic heterocycles. The van der Waals surface area contributed by atoms with Crippen LogP contribution in [-0.2, 0) is 5.41 Å². The third kappa shape index (κ3) is 3.04. The Kier molecular flexibility index (Phi) is 4.52. The van der Waals surface area contributed by atoms with E-state index in [0.29, 0.717) is 5.56 Å². The Morgan fingerprint density at radius 3 is 2.05 bits per heavy atom. The second kappa shape index (κ2) is 7.81. The van der Waals surface area contributed by atoms with Crippen LogP contribution in [0.3, 0.4) is 0 Å². The van der Waals surface area contributed by atoms with Gasteiger partial charge in [0, 0.05) is 40.0 Å². The van der Waals surface area contributed by atoms with Crippen LogP contribution in [0.5, 0.6) is 0 Å². The SMILES string of the molecule is CC1(C)c2ccccc2N(c2cc(C#N)cc(-n3c4ccccc4c4cnccc43)c2)c2ccccc21. The molecule has 4 aromatic carbocycles. The Bertz CT molecular complexity index is 1780. The first-order valence-electron chi connectivity index (χ1n) is 12.5. The largest absolute Gasteiger partial charge is 0.310 e. The van der Waals surface area contributed by atoms with Crippen LogP contribution in [-0.4, -0.2) is 9.55 Å². The average Bonchev–Trinajstić information content (AvgIpc) is 3.28. The lowest BCUT2D eigenvalue weighted by molar-refractivity contribution is 0.632. The molecule has 0 amide bonds. The maximum Gasteiger partial charge on any atom is 0.0993 e. The topological polar surface area (TPSA) is 44.9 Å². The standard InChI is InChI=1S/C33H24N4/c1-33(2)27-10-4-7-13-31(27)37(32-14-8-5-11-28(32)33)24-18-22(20-34)17-23(19-24)36-29-12-6-3-9-25(29)26-21-35-16-15-30(26)36/h3-19,21H,1-2H3. The molecule has 0 spiro atoms. The molecule has 0 N–H and O–H groups in total. The van der Waals surface area contributed by atoms with E-state index in [1.54, 1.807) is 0 Å². The molecule has 37 heavy (non-hydrogen) atoms. The molecule has 0 unspecified atom stereocenters. The number of nitriles is 1. The lowest BCUT2D eigenvalue weighted by Gasteiger charge is -2.42. The summed E-state index contributed by atoms with van der Waals surface area (Å²) in [4.78, 5) is 6.69. The molecule has 2 aromatic heterocycles. The molecule has 0 radical (unpaired) electrons. The van der Waals surface area contributed by atoms with Crippen molar-refractivity contribution in [2.75, 3.05) is 4.90 Å². The summed E-state index contributed by atoms with van der Waals surface area (Å²) >= 11 is 0. The summed E-state index contributed by atoms with van der Waals surface area (Å²) < 4.78 is 2.24. The zero-order chi connectivity index (χ0) is 25.1. The quantitative estimate of drug-likeness (QED) is 0.253. The second-order valence-corrected chi connectivity index (χ2v) is 10.1. The Morgan fingerprint density at radius 2 is 1.32 bits per heavy atom. The molecule has 176 valence electrons. The van der Waals surface area contributed by atoms with Crippen molar-refractivity contribution in [3.05, 3.63) is 126 Å². The number of benzene rings is 4. The predicted molar refractivity (Wildman–Crippen MR) is 150 cm³/mol. The van der Waals surface area contributed by atoms with Crippen molar-refractivity contribution in [2.24, 2.45) is 0 Å². The molecule has 6 aromatic rings. The van der Waals surface area contributed by atoms with Crippen LogP contribution in [0.2, 0.25) is 0 Å². The highest BCUT2D eigenvalue weighted by atomic mass is 15.2. The number of anilines is 3. The number of hydrogen-bond acceptors (Lipinski definition) is 3. The molecule has 0 saturated carbocycles. The number of fused-ring (bicyclic) bond motifs is 5. The third-order valence-electron chi connectivity index (χ3n) is 7.66. The monoisotopic (exact) mass is 476 g/mol. The van der Waals surface area contributed by atoms with Crippen molar-refractivity contribution in [1.82, 2.24) is 9.55 Å². The van der Waals surface area contributed by atoms with Gasteiger partial charge in [-0.15, -0.1) is 0 Å². The van der Waals surface area contributed by atoms with E-state index in [1.807, 2.05) is 30.6 Å². The molecule has 4 nitrogen and oxygen atoms in total. The summed E-state index contributed by atoms with van der Waals surface area (Å²) in [5.41, 5.74) is 9.35. The Hall–Kier alpha value is -4.88. The second-order valence-electron chi connectivity index (χ2n) is 10.1. The Balaban J connectivity index is 1.54. The molecule has 0 fully saturated rings. The fourth-order valence-electron chi connectivity index (χ4n) is 5.96. The van der Waals surface area contributed by atoms with E-state index in [2.05, 4.69) is 113 Å². The van der Waals surface area contributed by atoms with E-state index in [-0.39, 0.29) is 5.41 Å². The van der Waals surface area contributed by atoms with Crippen molar-refractivity contribution >= 4 is 38.9 Å². The molecular weight excluding hydrogens is 452 g/mol. The highest BCUT2D eigenvalue weighted by Crippen LogP contribution is 2.52. The van der Waals surface area contributed by atoms with E-state index < -0.39 is 0 Å². The molecule has 0 bridgehead atoms. The molecule has 0 atom stereocenters. The Labute approximate surface area is 215 Å². The van der Waals surface area contributed by atoms with Gasteiger partial charge in [-0.2, -0.15) is 5.26 Å². The predicted octanol–water partition coefficient (Wildman–Crippen LogP) is 8.16. The van der Waals surface area contributed by atoms with Crippen LogP contribution in [0.25, 0.3) is 27.5 Å². The lowest BCUT2D eigenvalue weighted by atomic mass is 9.73. The first kappa shape index (κ1) is 21.4. The fraction of sp³-hybridized carbons (Fsp3) is 0.0909. The van der Waals surface area contributed by atoms with Gasteiger partial charge >= 0.3 is 0 Å². The number of pyridine rings is 1. The minimum Gasteiger partial charge on any atom is -0.310 e. The number of hydrogen-bond donors (Lipinski definition) is 0. The molecule has 1 aliphatic rings. The van der Waals surface area contributed by atoms with E-state index in [9.17, 15) is 5.26 Å². The summed E-state index contributed by atoms with van der Waals surface area (Å²) in [5.74, 6) is 0. The number of aromatic nitrogens is 2. The number of para-hydroxylation sites is 3. The van der Waals surface area contributed by atoms with Gasteiger partial charge in [-0.05, 0) is 53.6 Å². The van der Waals surface area contributed by atoms with Gasteiger partial charge in [0.15, 0.2) is 0 Å². The molecule has 7 rings (SSSR count). The summed E-state index contributed by atoms with van der Waals surface area (Å²) in [6, 6.07) is 36.2. The van der Waals surface area contributed by atoms with Crippen LogP contribution in [0.15, 0.2) is 109 Å². The number of rotatable bonds is 2. The summed E-state index contributed by atoms with van der Waals surface area (Å²) in [6.45, 7) is 4.57. The summed E-state index contributed by atoms with van der Waals surface area (Å²) in [6.07, 6.45) is 3.74. The van der Waals surface area contributed by atoms with E-state index >= 15 is 0 Å². The van der Waals surface area contributed by atoms with Crippen molar-refractivity contribution < 1.29 is 0 Å². The Morgan fingerprint density at radius 1 is 0.703 bits per heavy atom. The van der Waals surface area contributed by atoms with Gasteiger partial charge in [0.05, 0.1) is 34.0 Å². The van der Waals surface area contributed by atoms with Crippen LogP contribution in [0.1, 0.15) is 30.5 Å². The van der Waals surface area contributed by atoms with Gasteiger partial charge in [-0.3, -0.25) is 4.98 Å². The normalized spacial score (nSPS) is 13.8. The van der Waals surface area contributed by atoms with Crippen molar-refractivity contribution in [3.63, 3.8) is 0 Å². The zero-order valence-electron chi connectivity index (χ0n) is 20.7. The minimum atomic E-state index is -0.140. The first-order valence-corrected chi connectivity index (χ1v) is 12.5. The molecule has 3 heterocycles. The zero-order valence-corrected chi connectivity index (χ0v) is 20.7. The van der Waals surface area contributed by atoms with E-state index in [0.717, 1.165) is 44.6 Å². The van der Waals surface area contributed by atoms with Crippen molar-refractivity contribution in [3.8, 4) is 11.8 Å². The molecule has 4 heteroatoms. The smallest absolute Gasteiger partial charge is 0.0993 e. The van der Waals surface area contributed by atoms with Gasteiger partial charge in [0.1, 0.15) is 0 Å². The average molecular weight is 477 g/mol. The van der Waals surface area contributed by atoms with Gasteiger partial charge in [-0.1, -0.05) is 68.4 Å². The van der Waals surface area contributed by atoms with E-state index in [1.165, 1.54) is 11.1 Å². The molecule has 0 aliphatic carbocycles. The summed E-state index contributed by atoms with van der Waals surface area (Å²) in [5, 5.41) is 12.3. The molecule has 0 saturated heterocycles. The van der Waals surface area contributed by atoms with Crippen molar-refractivity contribution in [1.29, 1.82) is 5.26 Å². The maximum atomic E-state index is 10.1. The van der Waals surface area contributed by atoms with Gasteiger partial charge in [-0.25, -0.2) is 0 Å². The lowest BCUT2D eigenvalue weighted by Crippen LogP contribution is -2.30. The van der Waals surface area contributed by atoms with E-state index in [4.69, 9.17) is 0 Å². The molecular formula is C33H24N4. The van der Waals surface area contributed by atoms with Gasteiger partial charge < -0.3 is 9.47 Å². The van der Waals surface area contributed by atoms with Crippen LogP contribution in [0, 0.1) is 11.3 Å². The van der Waals surface area contributed by atoms with Crippen LogP contribution in [0.4, 0.5) is 17.1 Å². The first-order chi connectivity index (χ1) is 18.1.